The van der Waals surface area contributed by atoms with Crippen molar-refractivity contribution < 1.29 is 14.4 Å². The Morgan fingerprint density at radius 1 is 0.839 bits per heavy atom. The largest absolute Gasteiger partial charge is 0.335 e. The number of hydrogen-bond acceptors (Lipinski definition) is 4. The van der Waals surface area contributed by atoms with Crippen molar-refractivity contribution in [1.82, 2.24) is 24.5 Å². The van der Waals surface area contributed by atoms with E-state index < -0.39 is 11.8 Å². The third kappa shape index (κ3) is 4.19. The predicted octanol–water partition coefficient (Wildman–Crippen LogP) is 1.65. The minimum absolute atomic E-state index is 0.0758. The van der Waals surface area contributed by atoms with Gasteiger partial charge in [-0.1, -0.05) is 24.6 Å². The van der Waals surface area contributed by atoms with Gasteiger partial charge in [0.1, 0.15) is 0 Å². The van der Waals surface area contributed by atoms with E-state index in [9.17, 15) is 14.4 Å². The van der Waals surface area contributed by atoms with Crippen molar-refractivity contribution in [2.45, 2.75) is 33.1 Å². The molecular weight excluding hydrogens is 394 g/mol. The van der Waals surface area contributed by atoms with Crippen molar-refractivity contribution >= 4 is 17.7 Å². The lowest BCUT2D eigenvalue weighted by Crippen LogP contribution is -2.54. The topological polar surface area (TPSA) is 78.8 Å². The quantitative estimate of drug-likeness (QED) is 0.704. The predicted molar refractivity (Wildman–Crippen MR) is 116 cm³/mol. The van der Waals surface area contributed by atoms with Gasteiger partial charge in [0, 0.05) is 39.3 Å². The molecule has 2 aliphatic heterocycles. The SMILES string of the molecule is CCc1c(C(=O)N2CCN(C(=O)C(=O)N3CCCC3)CC2)cnn1-c1ccc(C)cc1. The van der Waals surface area contributed by atoms with Crippen LogP contribution in [0.4, 0.5) is 0 Å². The summed E-state index contributed by atoms with van der Waals surface area (Å²) in [5.74, 6) is -0.937. The average molecular weight is 424 g/mol. The highest BCUT2D eigenvalue weighted by Crippen LogP contribution is 2.19. The average Bonchev–Trinajstić information content (AvgIpc) is 3.48. The molecule has 0 atom stereocenters. The highest BCUT2D eigenvalue weighted by atomic mass is 16.2. The second-order valence-electron chi connectivity index (χ2n) is 8.19. The molecule has 0 saturated carbocycles. The maximum atomic E-state index is 13.2. The zero-order valence-electron chi connectivity index (χ0n) is 18.2. The Hall–Kier alpha value is -3.16. The molecule has 3 amide bonds. The van der Waals surface area contributed by atoms with E-state index in [1.54, 1.807) is 20.9 Å². The van der Waals surface area contributed by atoms with E-state index in [0.29, 0.717) is 51.3 Å². The fraction of sp³-hybridized carbons (Fsp3) is 0.478. The second-order valence-corrected chi connectivity index (χ2v) is 8.19. The monoisotopic (exact) mass is 423 g/mol. The van der Waals surface area contributed by atoms with Crippen molar-refractivity contribution in [3.8, 4) is 5.69 Å². The molecule has 0 spiro atoms. The molecule has 0 radical (unpaired) electrons. The summed E-state index contributed by atoms with van der Waals surface area (Å²) in [5, 5.41) is 4.47. The molecule has 0 aliphatic carbocycles. The minimum atomic E-state index is -0.449. The standard InChI is InChI=1S/C23H29N5O3/c1-3-20-19(16-24-28(20)18-8-6-17(2)7-9-18)21(29)26-12-14-27(15-13-26)23(31)22(30)25-10-4-5-11-25/h6-9,16H,3-5,10-15H2,1-2H3. The molecule has 2 saturated heterocycles. The van der Waals surface area contributed by atoms with Gasteiger partial charge in [-0.15, -0.1) is 0 Å². The maximum Gasteiger partial charge on any atom is 0.312 e. The number of amides is 3. The van der Waals surface area contributed by atoms with Gasteiger partial charge >= 0.3 is 11.8 Å². The first-order valence-electron chi connectivity index (χ1n) is 11.0. The molecule has 8 nitrogen and oxygen atoms in total. The second kappa shape index (κ2) is 8.91. The highest BCUT2D eigenvalue weighted by molar-refractivity contribution is 6.35. The van der Waals surface area contributed by atoms with Crippen LogP contribution in [0, 0.1) is 6.92 Å². The first-order chi connectivity index (χ1) is 15.0. The summed E-state index contributed by atoms with van der Waals surface area (Å²) >= 11 is 0. The number of piperazine rings is 1. The third-order valence-electron chi connectivity index (χ3n) is 6.14. The van der Waals surface area contributed by atoms with Crippen LogP contribution < -0.4 is 0 Å². The van der Waals surface area contributed by atoms with Gasteiger partial charge in [-0.2, -0.15) is 5.10 Å². The van der Waals surface area contributed by atoms with Crippen LogP contribution in [-0.2, 0) is 16.0 Å². The lowest BCUT2D eigenvalue weighted by Gasteiger charge is -2.35. The van der Waals surface area contributed by atoms with Gasteiger partial charge < -0.3 is 14.7 Å². The summed E-state index contributed by atoms with van der Waals surface area (Å²) in [6.07, 6.45) is 4.22. The third-order valence-corrected chi connectivity index (χ3v) is 6.14. The number of aromatic nitrogens is 2. The number of hydrogen-bond donors (Lipinski definition) is 0. The number of carbonyl (C=O) groups is 3. The Bertz CT molecular complexity index is 968. The van der Waals surface area contributed by atoms with Gasteiger partial charge in [0.15, 0.2) is 0 Å². The normalized spacial score (nSPS) is 16.6. The first-order valence-corrected chi connectivity index (χ1v) is 11.0. The summed E-state index contributed by atoms with van der Waals surface area (Å²) in [4.78, 5) is 43.0. The Morgan fingerprint density at radius 2 is 1.39 bits per heavy atom. The zero-order valence-corrected chi connectivity index (χ0v) is 18.2. The smallest absolute Gasteiger partial charge is 0.312 e. The molecule has 1 aromatic carbocycles. The van der Waals surface area contributed by atoms with E-state index in [2.05, 4.69) is 5.10 Å². The van der Waals surface area contributed by atoms with Crippen LogP contribution in [0.2, 0.25) is 0 Å². The molecule has 2 aromatic rings. The zero-order chi connectivity index (χ0) is 22.0. The van der Waals surface area contributed by atoms with E-state index in [4.69, 9.17) is 0 Å². The fourth-order valence-electron chi connectivity index (χ4n) is 4.27. The van der Waals surface area contributed by atoms with Crippen molar-refractivity contribution in [2.75, 3.05) is 39.3 Å². The fourth-order valence-corrected chi connectivity index (χ4v) is 4.27. The van der Waals surface area contributed by atoms with Crippen molar-refractivity contribution in [3.05, 3.63) is 47.3 Å². The molecule has 2 fully saturated rings. The highest BCUT2D eigenvalue weighted by Gasteiger charge is 2.32. The minimum Gasteiger partial charge on any atom is -0.335 e. The Balaban J connectivity index is 1.42. The molecule has 0 unspecified atom stereocenters. The Kier molecular flexibility index (Phi) is 6.06. The van der Waals surface area contributed by atoms with Crippen LogP contribution in [0.15, 0.2) is 30.5 Å². The molecule has 3 heterocycles. The van der Waals surface area contributed by atoms with Crippen LogP contribution >= 0.6 is 0 Å². The van der Waals surface area contributed by atoms with E-state index in [-0.39, 0.29) is 5.91 Å². The number of aryl methyl sites for hydroxylation is 1. The van der Waals surface area contributed by atoms with Gasteiger partial charge in [-0.25, -0.2) is 4.68 Å². The molecule has 8 heteroatoms. The van der Waals surface area contributed by atoms with Crippen LogP contribution in [0.25, 0.3) is 5.69 Å². The number of rotatable bonds is 3. The maximum absolute atomic E-state index is 13.2. The molecule has 1 aromatic heterocycles. The molecule has 31 heavy (non-hydrogen) atoms. The van der Waals surface area contributed by atoms with Gasteiger partial charge in [0.25, 0.3) is 5.91 Å². The molecular formula is C23H29N5O3. The van der Waals surface area contributed by atoms with Crippen molar-refractivity contribution in [3.63, 3.8) is 0 Å². The molecule has 164 valence electrons. The van der Waals surface area contributed by atoms with Gasteiger partial charge in [0.2, 0.25) is 0 Å². The summed E-state index contributed by atoms with van der Waals surface area (Å²) in [6.45, 7) is 6.94. The van der Waals surface area contributed by atoms with Crippen LogP contribution in [0.5, 0.6) is 0 Å². The molecule has 0 N–H and O–H groups in total. The van der Waals surface area contributed by atoms with Crippen molar-refractivity contribution in [2.24, 2.45) is 0 Å². The van der Waals surface area contributed by atoms with E-state index in [0.717, 1.165) is 24.2 Å². The Morgan fingerprint density at radius 3 is 1.97 bits per heavy atom. The Labute approximate surface area is 182 Å². The summed E-state index contributed by atoms with van der Waals surface area (Å²) in [7, 11) is 0. The van der Waals surface area contributed by atoms with Crippen LogP contribution in [-0.4, -0.2) is 81.5 Å². The number of benzene rings is 1. The van der Waals surface area contributed by atoms with Crippen LogP contribution in [0.3, 0.4) is 0 Å². The summed E-state index contributed by atoms with van der Waals surface area (Å²) in [6, 6.07) is 8.05. The van der Waals surface area contributed by atoms with Crippen LogP contribution in [0.1, 0.15) is 41.4 Å². The number of nitrogens with zero attached hydrogens (tertiary/aromatic N) is 5. The van der Waals surface area contributed by atoms with E-state index in [1.165, 1.54) is 5.56 Å². The molecule has 4 rings (SSSR count). The molecule has 0 bridgehead atoms. The molecule has 2 aliphatic rings. The van der Waals surface area contributed by atoms with Gasteiger partial charge in [-0.05, 0) is 38.3 Å². The van der Waals surface area contributed by atoms with E-state index >= 15 is 0 Å². The first kappa shape index (κ1) is 21.1. The summed E-state index contributed by atoms with van der Waals surface area (Å²) in [5.41, 5.74) is 3.56. The lowest BCUT2D eigenvalue weighted by atomic mass is 10.1. The summed E-state index contributed by atoms with van der Waals surface area (Å²) < 4.78 is 1.82. The van der Waals surface area contributed by atoms with Gasteiger partial charge in [0.05, 0.1) is 23.1 Å². The number of carbonyl (C=O) groups excluding carboxylic acids is 3. The number of likely N-dealkylation sites (tertiary alicyclic amines) is 1. The van der Waals surface area contributed by atoms with E-state index in [1.807, 2.05) is 42.8 Å². The van der Waals surface area contributed by atoms with Crippen molar-refractivity contribution in [1.29, 1.82) is 0 Å². The van der Waals surface area contributed by atoms with Gasteiger partial charge in [-0.3, -0.25) is 14.4 Å². The lowest BCUT2D eigenvalue weighted by molar-refractivity contribution is -0.152.